The quantitative estimate of drug-likeness (QED) is 0.871. The minimum Gasteiger partial charge on any atom is -0.454 e. The van der Waals surface area contributed by atoms with E-state index in [-0.39, 0.29) is 12.7 Å². The molecule has 2 aliphatic heterocycles. The van der Waals surface area contributed by atoms with Gasteiger partial charge in [0.1, 0.15) is 0 Å². The summed E-state index contributed by atoms with van der Waals surface area (Å²) in [7, 11) is 0. The van der Waals surface area contributed by atoms with E-state index in [2.05, 4.69) is 11.1 Å². The molecule has 1 atom stereocenters. The smallest absolute Gasteiger partial charge is 0.254 e. The zero-order chi connectivity index (χ0) is 16.4. The van der Waals surface area contributed by atoms with Crippen LogP contribution in [0.4, 0.5) is 0 Å². The third kappa shape index (κ3) is 3.07. The topological polar surface area (TPSA) is 51.7 Å². The molecule has 4 rings (SSSR count). The molecule has 0 spiro atoms. The van der Waals surface area contributed by atoms with Gasteiger partial charge >= 0.3 is 0 Å². The summed E-state index contributed by atoms with van der Waals surface area (Å²) in [4.78, 5) is 19.0. The van der Waals surface area contributed by atoms with Crippen LogP contribution in [0, 0.1) is 5.92 Å². The van der Waals surface area contributed by atoms with Crippen LogP contribution in [0.25, 0.3) is 0 Å². The Balaban J connectivity index is 1.44. The number of fused-ring (bicyclic) bond motifs is 1. The van der Waals surface area contributed by atoms with E-state index in [0.717, 1.165) is 32.4 Å². The van der Waals surface area contributed by atoms with E-state index >= 15 is 0 Å². The fraction of sp³-hybridized carbons (Fsp3) is 0.368. The Bertz CT molecular complexity index is 733. The van der Waals surface area contributed by atoms with Crippen molar-refractivity contribution >= 4 is 5.91 Å². The van der Waals surface area contributed by atoms with E-state index in [9.17, 15) is 4.79 Å². The third-order valence-corrected chi connectivity index (χ3v) is 4.67. The molecule has 2 aliphatic rings. The normalized spacial score (nSPS) is 19.3. The molecular weight excluding hydrogens is 304 g/mol. The molecule has 0 saturated carbocycles. The summed E-state index contributed by atoms with van der Waals surface area (Å²) in [6.07, 6.45) is 6.87. The average molecular weight is 324 g/mol. The summed E-state index contributed by atoms with van der Waals surface area (Å²) in [6.45, 7) is 1.84. The molecule has 0 bridgehead atoms. The zero-order valence-corrected chi connectivity index (χ0v) is 13.5. The number of aromatic nitrogens is 1. The van der Waals surface area contributed by atoms with Gasteiger partial charge in [0.2, 0.25) is 6.79 Å². The van der Waals surface area contributed by atoms with Gasteiger partial charge in [-0.3, -0.25) is 9.78 Å². The van der Waals surface area contributed by atoms with Crippen molar-refractivity contribution in [3.05, 3.63) is 53.9 Å². The van der Waals surface area contributed by atoms with Crippen molar-refractivity contribution in [2.45, 2.75) is 19.3 Å². The van der Waals surface area contributed by atoms with Crippen LogP contribution in [-0.4, -0.2) is 35.7 Å². The zero-order valence-electron chi connectivity index (χ0n) is 13.5. The van der Waals surface area contributed by atoms with Gasteiger partial charge in [-0.05, 0) is 55.0 Å². The molecule has 0 N–H and O–H groups in total. The SMILES string of the molecule is O=C(c1ccc2c(c1)OCO2)N1CCCC(Cc2cccnc2)C1. The molecule has 5 heteroatoms. The predicted octanol–water partition coefficient (Wildman–Crippen LogP) is 2.91. The lowest BCUT2D eigenvalue weighted by molar-refractivity contribution is 0.0673. The number of amides is 1. The number of hydrogen-bond donors (Lipinski definition) is 0. The second-order valence-electron chi connectivity index (χ2n) is 6.39. The molecule has 3 heterocycles. The Morgan fingerprint density at radius 1 is 1.25 bits per heavy atom. The molecule has 1 aromatic carbocycles. The van der Waals surface area contributed by atoms with E-state index in [1.807, 2.05) is 29.3 Å². The van der Waals surface area contributed by atoms with Gasteiger partial charge < -0.3 is 14.4 Å². The monoisotopic (exact) mass is 324 g/mol. The van der Waals surface area contributed by atoms with E-state index in [1.165, 1.54) is 5.56 Å². The predicted molar refractivity (Wildman–Crippen MR) is 89.1 cm³/mol. The molecule has 1 unspecified atom stereocenters. The number of piperidine rings is 1. The maximum absolute atomic E-state index is 12.8. The highest BCUT2D eigenvalue weighted by molar-refractivity contribution is 5.95. The number of ether oxygens (including phenoxy) is 2. The number of rotatable bonds is 3. The largest absolute Gasteiger partial charge is 0.454 e. The maximum Gasteiger partial charge on any atom is 0.254 e. The fourth-order valence-corrected chi connectivity index (χ4v) is 3.48. The lowest BCUT2D eigenvalue weighted by Crippen LogP contribution is -2.40. The van der Waals surface area contributed by atoms with Gasteiger partial charge in [0, 0.05) is 31.0 Å². The first-order valence-electron chi connectivity index (χ1n) is 8.37. The summed E-state index contributed by atoms with van der Waals surface area (Å²) in [5.74, 6) is 1.93. The Morgan fingerprint density at radius 2 is 2.17 bits per heavy atom. The second-order valence-corrected chi connectivity index (χ2v) is 6.39. The van der Waals surface area contributed by atoms with Crippen LogP contribution in [0.3, 0.4) is 0 Å². The second kappa shape index (κ2) is 6.51. The number of pyridine rings is 1. The molecule has 1 fully saturated rings. The summed E-state index contributed by atoms with van der Waals surface area (Å²) >= 11 is 0. The van der Waals surface area contributed by atoms with Crippen LogP contribution in [0.2, 0.25) is 0 Å². The van der Waals surface area contributed by atoms with Gasteiger partial charge in [-0.1, -0.05) is 6.07 Å². The summed E-state index contributed by atoms with van der Waals surface area (Å²) in [5, 5.41) is 0. The van der Waals surface area contributed by atoms with E-state index < -0.39 is 0 Å². The van der Waals surface area contributed by atoms with Crippen LogP contribution < -0.4 is 9.47 Å². The molecule has 0 radical (unpaired) electrons. The molecule has 2 aromatic rings. The lowest BCUT2D eigenvalue weighted by atomic mass is 9.91. The van der Waals surface area contributed by atoms with E-state index in [0.29, 0.717) is 23.0 Å². The molecule has 1 amide bonds. The number of nitrogens with zero attached hydrogens (tertiary/aromatic N) is 2. The summed E-state index contributed by atoms with van der Waals surface area (Å²) in [6, 6.07) is 9.49. The highest BCUT2D eigenvalue weighted by Gasteiger charge is 2.26. The van der Waals surface area contributed by atoms with Crippen molar-refractivity contribution in [3.63, 3.8) is 0 Å². The Morgan fingerprint density at radius 3 is 3.04 bits per heavy atom. The molecular formula is C19H20N2O3. The average Bonchev–Trinajstić information content (AvgIpc) is 3.10. The van der Waals surface area contributed by atoms with E-state index in [4.69, 9.17) is 9.47 Å². The van der Waals surface area contributed by atoms with Crippen molar-refractivity contribution in [2.24, 2.45) is 5.92 Å². The van der Waals surface area contributed by atoms with Gasteiger partial charge in [0.15, 0.2) is 11.5 Å². The standard InChI is InChI=1S/C19H20N2O3/c22-19(16-5-6-17-18(10-16)24-13-23-17)21-8-2-4-15(12-21)9-14-3-1-7-20-11-14/h1,3,5-7,10-11,15H,2,4,8-9,12-13H2. The van der Waals surface area contributed by atoms with Crippen molar-refractivity contribution in [1.82, 2.24) is 9.88 Å². The van der Waals surface area contributed by atoms with Gasteiger partial charge in [-0.15, -0.1) is 0 Å². The van der Waals surface area contributed by atoms with Crippen molar-refractivity contribution < 1.29 is 14.3 Å². The van der Waals surface area contributed by atoms with Crippen LogP contribution in [-0.2, 0) is 6.42 Å². The Kier molecular flexibility index (Phi) is 4.07. The van der Waals surface area contributed by atoms with Gasteiger partial charge in [-0.2, -0.15) is 0 Å². The van der Waals surface area contributed by atoms with Crippen molar-refractivity contribution in [3.8, 4) is 11.5 Å². The van der Waals surface area contributed by atoms with Crippen LogP contribution in [0.1, 0.15) is 28.8 Å². The van der Waals surface area contributed by atoms with Gasteiger partial charge in [-0.25, -0.2) is 0 Å². The van der Waals surface area contributed by atoms with Crippen molar-refractivity contribution in [1.29, 1.82) is 0 Å². The first-order chi connectivity index (χ1) is 11.8. The molecule has 0 aliphatic carbocycles. The molecule has 1 aromatic heterocycles. The van der Waals surface area contributed by atoms with Gasteiger partial charge in [0.25, 0.3) is 5.91 Å². The first kappa shape index (κ1) is 15.0. The van der Waals surface area contributed by atoms with Crippen LogP contribution in [0.5, 0.6) is 11.5 Å². The molecule has 24 heavy (non-hydrogen) atoms. The summed E-state index contributed by atoms with van der Waals surface area (Å²) < 4.78 is 10.7. The molecule has 5 nitrogen and oxygen atoms in total. The summed E-state index contributed by atoms with van der Waals surface area (Å²) in [5.41, 5.74) is 1.90. The van der Waals surface area contributed by atoms with E-state index in [1.54, 1.807) is 12.3 Å². The highest BCUT2D eigenvalue weighted by atomic mass is 16.7. The molecule has 1 saturated heterocycles. The van der Waals surface area contributed by atoms with Gasteiger partial charge in [0.05, 0.1) is 0 Å². The number of carbonyl (C=O) groups excluding carboxylic acids is 1. The van der Waals surface area contributed by atoms with Crippen molar-refractivity contribution in [2.75, 3.05) is 19.9 Å². The number of carbonyl (C=O) groups is 1. The minimum absolute atomic E-state index is 0.0733. The third-order valence-electron chi connectivity index (χ3n) is 4.67. The van der Waals surface area contributed by atoms with Crippen LogP contribution >= 0.6 is 0 Å². The number of hydrogen-bond acceptors (Lipinski definition) is 4. The minimum atomic E-state index is 0.0733. The number of likely N-dealkylation sites (tertiary alicyclic amines) is 1. The highest BCUT2D eigenvalue weighted by Crippen LogP contribution is 2.33. The lowest BCUT2D eigenvalue weighted by Gasteiger charge is -2.33. The molecule has 124 valence electrons. The first-order valence-corrected chi connectivity index (χ1v) is 8.37. The fourth-order valence-electron chi connectivity index (χ4n) is 3.48. The Hall–Kier alpha value is -2.56. The van der Waals surface area contributed by atoms with Crippen LogP contribution in [0.15, 0.2) is 42.7 Å². The maximum atomic E-state index is 12.8. The number of benzene rings is 1. The Labute approximate surface area is 141 Å².